The van der Waals surface area contributed by atoms with E-state index >= 15 is 0 Å². The summed E-state index contributed by atoms with van der Waals surface area (Å²) in [5, 5.41) is 2.79. The summed E-state index contributed by atoms with van der Waals surface area (Å²) in [6.07, 6.45) is 0. The molecule has 3 N–H and O–H groups in total. The molecule has 2 rings (SSSR count). The van der Waals surface area contributed by atoms with E-state index in [4.69, 9.17) is 15.2 Å². The number of hydrogen-bond acceptors (Lipinski definition) is 6. The standard InChI is InChI=1S/C18H21FN2O4/c1-4-24-17(22)13-10(3)21-16(20)15(18(23)25-5-2)14(13)11-8-6-7-9-12(11)19/h6-9,14,21H,4-5,20H2,1-3H3/t14-/m1/s1. The van der Waals surface area contributed by atoms with E-state index in [0.29, 0.717) is 5.70 Å². The van der Waals surface area contributed by atoms with Crippen LogP contribution >= 0.6 is 0 Å². The molecular weight excluding hydrogens is 327 g/mol. The third-order valence-electron chi connectivity index (χ3n) is 3.80. The van der Waals surface area contributed by atoms with Crippen LogP contribution < -0.4 is 11.1 Å². The first kappa shape index (κ1) is 18.5. The Morgan fingerprint density at radius 1 is 1.12 bits per heavy atom. The Morgan fingerprint density at radius 2 is 1.68 bits per heavy atom. The first-order valence-electron chi connectivity index (χ1n) is 7.98. The zero-order valence-electron chi connectivity index (χ0n) is 14.4. The van der Waals surface area contributed by atoms with E-state index < -0.39 is 23.7 Å². The normalized spacial score (nSPS) is 17.2. The number of carbonyl (C=O) groups excluding carboxylic acids is 2. The van der Waals surface area contributed by atoms with Crippen LogP contribution in [0.2, 0.25) is 0 Å². The molecule has 25 heavy (non-hydrogen) atoms. The Hall–Kier alpha value is -2.83. The fourth-order valence-electron chi connectivity index (χ4n) is 2.79. The number of esters is 2. The second-order valence-electron chi connectivity index (χ2n) is 5.39. The average Bonchev–Trinajstić information content (AvgIpc) is 2.54. The molecule has 0 bridgehead atoms. The first-order chi connectivity index (χ1) is 11.9. The molecule has 134 valence electrons. The number of nitrogens with one attached hydrogen (secondary N) is 1. The lowest BCUT2D eigenvalue weighted by Gasteiger charge is -2.30. The van der Waals surface area contributed by atoms with Crippen LogP contribution in [0.1, 0.15) is 32.3 Å². The topological polar surface area (TPSA) is 90.6 Å². The van der Waals surface area contributed by atoms with Crippen molar-refractivity contribution in [2.75, 3.05) is 13.2 Å². The summed E-state index contributed by atoms with van der Waals surface area (Å²) in [6.45, 7) is 5.20. The number of rotatable bonds is 5. The lowest BCUT2D eigenvalue weighted by molar-refractivity contribution is -0.139. The first-order valence-corrected chi connectivity index (χ1v) is 7.98. The maximum absolute atomic E-state index is 14.5. The van der Waals surface area contributed by atoms with Gasteiger partial charge in [0.15, 0.2) is 0 Å². The van der Waals surface area contributed by atoms with Gasteiger partial charge >= 0.3 is 11.9 Å². The Bertz CT molecular complexity index is 715. The van der Waals surface area contributed by atoms with Crippen molar-refractivity contribution in [3.8, 4) is 0 Å². The van der Waals surface area contributed by atoms with Crippen molar-refractivity contribution in [3.63, 3.8) is 0 Å². The van der Waals surface area contributed by atoms with Gasteiger partial charge in [-0.1, -0.05) is 18.2 Å². The second-order valence-corrected chi connectivity index (χ2v) is 5.39. The van der Waals surface area contributed by atoms with E-state index in [2.05, 4.69) is 5.32 Å². The summed E-state index contributed by atoms with van der Waals surface area (Å²) in [6, 6.07) is 5.91. The summed E-state index contributed by atoms with van der Waals surface area (Å²) >= 11 is 0. The van der Waals surface area contributed by atoms with Crippen LogP contribution in [0.25, 0.3) is 0 Å². The predicted molar refractivity (Wildman–Crippen MR) is 89.5 cm³/mol. The maximum atomic E-state index is 14.5. The van der Waals surface area contributed by atoms with Crippen LogP contribution in [0.5, 0.6) is 0 Å². The van der Waals surface area contributed by atoms with E-state index in [1.807, 2.05) is 0 Å². The summed E-state index contributed by atoms with van der Waals surface area (Å²) in [7, 11) is 0. The highest BCUT2D eigenvalue weighted by molar-refractivity contribution is 5.99. The summed E-state index contributed by atoms with van der Waals surface area (Å²) in [5.74, 6) is -2.90. The Labute approximate surface area is 145 Å². The number of allylic oxidation sites excluding steroid dienone is 1. The molecule has 0 aromatic heterocycles. The zero-order chi connectivity index (χ0) is 18.6. The molecule has 6 nitrogen and oxygen atoms in total. The quantitative estimate of drug-likeness (QED) is 0.792. The maximum Gasteiger partial charge on any atom is 0.338 e. The SMILES string of the molecule is CCOC(=O)C1=C(C)NC(N)=C(C(=O)OCC)[C@@H]1c1ccccc1F. The molecular formula is C18H21FN2O4. The number of halogens is 1. The van der Waals surface area contributed by atoms with Gasteiger partial charge in [-0.15, -0.1) is 0 Å². The van der Waals surface area contributed by atoms with E-state index in [9.17, 15) is 14.0 Å². The summed E-state index contributed by atoms with van der Waals surface area (Å²) < 4.78 is 24.6. The van der Waals surface area contributed by atoms with Crippen LogP contribution in [0.15, 0.2) is 46.9 Å². The third kappa shape index (κ3) is 3.65. The number of hydrogen-bond donors (Lipinski definition) is 2. The van der Waals surface area contributed by atoms with Gasteiger partial charge in [-0.25, -0.2) is 14.0 Å². The van der Waals surface area contributed by atoms with Gasteiger partial charge in [-0.3, -0.25) is 0 Å². The van der Waals surface area contributed by atoms with E-state index in [-0.39, 0.29) is 35.7 Å². The molecule has 1 aliphatic heterocycles. The van der Waals surface area contributed by atoms with Gasteiger partial charge in [-0.2, -0.15) is 0 Å². The fraction of sp³-hybridized carbons (Fsp3) is 0.333. The van der Waals surface area contributed by atoms with Crippen molar-refractivity contribution in [1.82, 2.24) is 5.32 Å². The number of dihydropyridines is 1. The van der Waals surface area contributed by atoms with Crippen molar-refractivity contribution >= 4 is 11.9 Å². The van der Waals surface area contributed by atoms with Crippen molar-refractivity contribution in [3.05, 3.63) is 58.3 Å². The largest absolute Gasteiger partial charge is 0.463 e. The minimum Gasteiger partial charge on any atom is -0.463 e. The average molecular weight is 348 g/mol. The molecule has 0 unspecified atom stereocenters. The van der Waals surface area contributed by atoms with Crippen LogP contribution in [-0.2, 0) is 19.1 Å². The van der Waals surface area contributed by atoms with Crippen molar-refractivity contribution in [1.29, 1.82) is 0 Å². The number of ether oxygens (including phenoxy) is 2. The highest BCUT2D eigenvalue weighted by atomic mass is 19.1. The highest BCUT2D eigenvalue weighted by Gasteiger charge is 2.39. The molecule has 1 aromatic carbocycles. The minimum absolute atomic E-state index is 0.0133. The van der Waals surface area contributed by atoms with Gasteiger partial charge in [-0.05, 0) is 26.8 Å². The molecule has 0 saturated heterocycles. The van der Waals surface area contributed by atoms with Gasteiger partial charge in [0.05, 0.1) is 30.3 Å². The molecule has 0 radical (unpaired) electrons. The van der Waals surface area contributed by atoms with E-state index in [1.165, 1.54) is 18.2 Å². The number of nitrogens with two attached hydrogens (primary N) is 1. The second kappa shape index (κ2) is 7.83. The predicted octanol–water partition coefficient (Wildman–Crippen LogP) is 2.08. The number of benzene rings is 1. The minimum atomic E-state index is -1.01. The van der Waals surface area contributed by atoms with Crippen molar-refractivity contribution in [2.45, 2.75) is 26.7 Å². The van der Waals surface area contributed by atoms with Gasteiger partial charge in [0, 0.05) is 11.3 Å². The van der Waals surface area contributed by atoms with Crippen LogP contribution in [0.4, 0.5) is 4.39 Å². The van der Waals surface area contributed by atoms with E-state index in [0.717, 1.165) is 0 Å². The molecule has 0 saturated carbocycles. The molecule has 1 aliphatic rings. The Balaban J connectivity index is 2.66. The smallest absolute Gasteiger partial charge is 0.338 e. The molecule has 1 atom stereocenters. The van der Waals surface area contributed by atoms with Gasteiger partial charge < -0.3 is 20.5 Å². The summed E-state index contributed by atoms with van der Waals surface area (Å²) in [5.41, 5.74) is 6.64. The zero-order valence-corrected chi connectivity index (χ0v) is 14.4. The van der Waals surface area contributed by atoms with Crippen molar-refractivity contribution in [2.24, 2.45) is 5.73 Å². The summed E-state index contributed by atoms with van der Waals surface area (Å²) in [4.78, 5) is 24.9. The Kier molecular flexibility index (Phi) is 5.80. The Morgan fingerprint density at radius 3 is 2.24 bits per heavy atom. The molecule has 7 heteroatoms. The van der Waals surface area contributed by atoms with Gasteiger partial charge in [0.2, 0.25) is 0 Å². The third-order valence-corrected chi connectivity index (χ3v) is 3.80. The molecule has 0 amide bonds. The van der Waals surface area contributed by atoms with Crippen LogP contribution in [0.3, 0.4) is 0 Å². The lowest BCUT2D eigenvalue weighted by atomic mass is 9.81. The monoisotopic (exact) mass is 348 g/mol. The van der Waals surface area contributed by atoms with Crippen LogP contribution in [0, 0.1) is 5.82 Å². The highest BCUT2D eigenvalue weighted by Crippen LogP contribution is 2.39. The van der Waals surface area contributed by atoms with E-state index in [1.54, 1.807) is 26.8 Å². The number of carbonyl (C=O) groups is 2. The van der Waals surface area contributed by atoms with Gasteiger partial charge in [0.25, 0.3) is 0 Å². The molecule has 0 fully saturated rings. The molecule has 0 spiro atoms. The molecule has 1 aromatic rings. The van der Waals surface area contributed by atoms with Crippen molar-refractivity contribution < 1.29 is 23.5 Å². The van der Waals surface area contributed by atoms with Gasteiger partial charge in [0.1, 0.15) is 11.6 Å². The molecule has 0 aliphatic carbocycles. The lowest BCUT2D eigenvalue weighted by Crippen LogP contribution is -2.36. The fourth-order valence-corrected chi connectivity index (χ4v) is 2.79. The molecule has 1 heterocycles. The van der Waals surface area contributed by atoms with Crippen LogP contribution in [-0.4, -0.2) is 25.2 Å².